The Hall–Kier alpha value is -1.02. The summed E-state index contributed by atoms with van der Waals surface area (Å²) >= 11 is 0. The second kappa shape index (κ2) is 3.04. The van der Waals surface area contributed by atoms with Crippen LogP contribution in [0, 0.1) is 6.92 Å². The summed E-state index contributed by atoms with van der Waals surface area (Å²) in [6, 6.07) is 7.13. The van der Waals surface area contributed by atoms with Gasteiger partial charge in [-0.25, -0.2) is 0 Å². The minimum atomic E-state index is 0.497. The van der Waals surface area contributed by atoms with Crippen LogP contribution in [0.3, 0.4) is 0 Å². The Bertz CT molecular complexity index is 320. The topological polar surface area (TPSA) is 29.3 Å². The Morgan fingerprint density at radius 2 is 2.31 bits per heavy atom. The van der Waals surface area contributed by atoms with Gasteiger partial charge in [-0.1, -0.05) is 12.1 Å². The number of aryl methyl sites for hydroxylation is 1. The zero-order valence-corrected chi connectivity index (χ0v) is 8.25. The van der Waals surface area contributed by atoms with E-state index in [0.717, 1.165) is 13.0 Å². The molecule has 0 aliphatic carbocycles. The number of fused-ring (bicyclic) bond motifs is 1. The van der Waals surface area contributed by atoms with Gasteiger partial charge in [-0.3, -0.25) is 0 Å². The lowest BCUT2D eigenvalue weighted by molar-refractivity contribution is 0.675. The van der Waals surface area contributed by atoms with Crippen LogP contribution in [0.1, 0.15) is 11.1 Å². The molecule has 13 heavy (non-hydrogen) atoms. The molecule has 2 nitrogen and oxygen atoms in total. The van der Waals surface area contributed by atoms with Crippen LogP contribution in [-0.4, -0.2) is 19.6 Å². The molecule has 0 bridgehead atoms. The van der Waals surface area contributed by atoms with Crippen LogP contribution in [0.5, 0.6) is 0 Å². The molecule has 1 atom stereocenters. The fourth-order valence-electron chi connectivity index (χ4n) is 2.00. The van der Waals surface area contributed by atoms with E-state index in [-0.39, 0.29) is 0 Å². The summed E-state index contributed by atoms with van der Waals surface area (Å²) in [6.45, 7) is 2.87. The van der Waals surface area contributed by atoms with E-state index in [2.05, 4.69) is 37.1 Å². The summed E-state index contributed by atoms with van der Waals surface area (Å²) in [7, 11) is 2.13. The van der Waals surface area contributed by atoms with E-state index >= 15 is 0 Å². The minimum Gasteiger partial charge on any atom is -0.370 e. The van der Waals surface area contributed by atoms with Crippen molar-refractivity contribution in [2.45, 2.75) is 19.4 Å². The van der Waals surface area contributed by atoms with E-state index in [1.54, 1.807) is 0 Å². The smallest absolute Gasteiger partial charge is 0.0450 e. The molecule has 0 radical (unpaired) electrons. The molecule has 0 aromatic heterocycles. The molecule has 1 unspecified atom stereocenters. The highest BCUT2D eigenvalue weighted by atomic mass is 15.2. The van der Waals surface area contributed by atoms with E-state index < -0.39 is 0 Å². The Labute approximate surface area is 79.4 Å². The Balaban J connectivity index is 2.39. The summed E-state index contributed by atoms with van der Waals surface area (Å²) < 4.78 is 0. The van der Waals surface area contributed by atoms with Gasteiger partial charge in [0.1, 0.15) is 0 Å². The van der Waals surface area contributed by atoms with Crippen molar-refractivity contribution in [1.29, 1.82) is 0 Å². The zero-order valence-electron chi connectivity index (χ0n) is 8.25. The summed E-state index contributed by atoms with van der Waals surface area (Å²) in [5, 5.41) is 0. The van der Waals surface area contributed by atoms with Gasteiger partial charge in [-0.2, -0.15) is 0 Å². The van der Waals surface area contributed by atoms with Gasteiger partial charge in [0.15, 0.2) is 0 Å². The average Bonchev–Trinajstić information content (AvgIpc) is 2.44. The van der Waals surface area contributed by atoms with Crippen LogP contribution in [0.4, 0.5) is 5.69 Å². The van der Waals surface area contributed by atoms with Gasteiger partial charge in [-0.15, -0.1) is 0 Å². The van der Waals surface area contributed by atoms with Gasteiger partial charge in [0, 0.05) is 25.3 Å². The molecule has 0 amide bonds. The monoisotopic (exact) mass is 176 g/mol. The highest BCUT2D eigenvalue weighted by Crippen LogP contribution is 2.30. The van der Waals surface area contributed by atoms with Crippen LogP contribution in [-0.2, 0) is 6.42 Å². The first-order valence-corrected chi connectivity index (χ1v) is 4.75. The van der Waals surface area contributed by atoms with E-state index in [4.69, 9.17) is 5.73 Å². The molecular formula is C11H16N2. The molecular weight excluding hydrogens is 160 g/mol. The number of nitrogens with two attached hydrogens (primary N) is 1. The number of hydrogen-bond donors (Lipinski definition) is 1. The van der Waals surface area contributed by atoms with Crippen LogP contribution in [0.15, 0.2) is 18.2 Å². The molecule has 1 heterocycles. The summed E-state index contributed by atoms with van der Waals surface area (Å²) in [6.07, 6.45) is 1.10. The maximum atomic E-state index is 5.70. The lowest BCUT2D eigenvalue weighted by Crippen LogP contribution is -2.34. The molecule has 1 aliphatic heterocycles. The SMILES string of the molecule is Cc1ccc2c(c1)N(C)C(CN)C2. The first kappa shape index (κ1) is 8.57. The van der Waals surface area contributed by atoms with Crippen molar-refractivity contribution in [3.63, 3.8) is 0 Å². The summed E-state index contributed by atoms with van der Waals surface area (Å²) in [5.41, 5.74) is 9.81. The molecule has 1 aromatic carbocycles. The van der Waals surface area contributed by atoms with Gasteiger partial charge in [0.05, 0.1) is 0 Å². The lowest BCUT2D eigenvalue weighted by Gasteiger charge is -2.20. The number of anilines is 1. The fourth-order valence-corrected chi connectivity index (χ4v) is 2.00. The van der Waals surface area contributed by atoms with Crippen molar-refractivity contribution in [2.75, 3.05) is 18.5 Å². The fraction of sp³-hybridized carbons (Fsp3) is 0.455. The first-order valence-electron chi connectivity index (χ1n) is 4.75. The van der Waals surface area contributed by atoms with Crippen LogP contribution >= 0.6 is 0 Å². The number of likely N-dealkylation sites (N-methyl/N-ethyl adjacent to an activating group) is 1. The highest BCUT2D eigenvalue weighted by Gasteiger charge is 2.24. The highest BCUT2D eigenvalue weighted by molar-refractivity contribution is 5.60. The van der Waals surface area contributed by atoms with E-state index in [0.29, 0.717) is 6.04 Å². The van der Waals surface area contributed by atoms with Crippen molar-refractivity contribution in [1.82, 2.24) is 0 Å². The third-order valence-corrected chi connectivity index (χ3v) is 2.90. The van der Waals surface area contributed by atoms with Gasteiger partial charge in [0.25, 0.3) is 0 Å². The van der Waals surface area contributed by atoms with Gasteiger partial charge in [0.2, 0.25) is 0 Å². The van der Waals surface area contributed by atoms with Crippen molar-refractivity contribution >= 4 is 5.69 Å². The quantitative estimate of drug-likeness (QED) is 0.699. The Kier molecular flexibility index (Phi) is 2.00. The molecule has 0 fully saturated rings. The first-order chi connectivity index (χ1) is 6.22. The van der Waals surface area contributed by atoms with Crippen LogP contribution < -0.4 is 10.6 Å². The van der Waals surface area contributed by atoms with Gasteiger partial charge >= 0.3 is 0 Å². The molecule has 1 aromatic rings. The van der Waals surface area contributed by atoms with Gasteiger partial charge < -0.3 is 10.6 Å². The predicted molar refractivity (Wildman–Crippen MR) is 56.1 cm³/mol. The number of hydrogen-bond acceptors (Lipinski definition) is 2. The van der Waals surface area contributed by atoms with Gasteiger partial charge in [-0.05, 0) is 30.5 Å². The third-order valence-electron chi connectivity index (χ3n) is 2.90. The molecule has 1 aliphatic rings. The van der Waals surface area contributed by atoms with E-state index in [1.165, 1.54) is 16.8 Å². The summed E-state index contributed by atoms with van der Waals surface area (Å²) in [4.78, 5) is 2.29. The van der Waals surface area contributed by atoms with Crippen molar-refractivity contribution in [3.05, 3.63) is 29.3 Å². The number of nitrogens with zero attached hydrogens (tertiary/aromatic N) is 1. The normalized spacial score (nSPS) is 20.5. The zero-order chi connectivity index (χ0) is 9.42. The molecule has 2 rings (SSSR count). The molecule has 0 saturated carbocycles. The molecule has 0 saturated heterocycles. The average molecular weight is 176 g/mol. The molecule has 2 heteroatoms. The van der Waals surface area contributed by atoms with Crippen LogP contribution in [0.25, 0.3) is 0 Å². The lowest BCUT2D eigenvalue weighted by atomic mass is 10.1. The van der Waals surface area contributed by atoms with Crippen molar-refractivity contribution in [3.8, 4) is 0 Å². The molecule has 2 N–H and O–H groups in total. The van der Waals surface area contributed by atoms with Crippen molar-refractivity contribution in [2.24, 2.45) is 5.73 Å². The molecule has 70 valence electrons. The van der Waals surface area contributed by atoms with E-state index in [1.807, 2.05) is 0 Å². The maximum absolute atomic E-state index is 5.70. The maximum Gasteiger partial charge on any atom is 0.0450 e. The molecule has 0 spiro atoms. The van der Waals surface area contributed by atoms with Crippen molar-refractivity contribution < 1.29 is 0 Å². The number of rotatable bonds is 1. The predicted octanol–water partition coefficient (Wildman–Crippen LogP) is 1.31. The largest absolute Gasteiger partial charge is 0.370 e. The number of benzene rings is 1. The second-order valence-electron chi connectivity index (χ2n) is 3.84. The third kappa shape index (κ3) is 1.31. The van der Waals surface area contributed by atoms with Crippen LogP contribution in [0.2, 0.25) is 0 Å². The Morgan fingerprint density at radius 1 is 1.54 bits per heavy atom. The standard InChI is InChI=1S/C11H16N2/c1-8-3-4-9-6-10(7-12)13(2)11(9)5-8/h3-5,10H,6-7,12H2,1-2H3. The Morgan fingerprint density at radius 3 is 3.00 bits per heavy atom. The second-order valence-corrected chi connectivity index (χ2v) is 3.84. The summed E-state index contributed by atoms with van der Waals surface area (Å²) in [5.74, 6) is 0. The van der Waals surface area contributed by atoms with E-state index in [9.17, 15) is 0 Å². The minimum absolute atomic E-state index is 0.497.